The molecule has 0 fully saturated rings. The van der Waals surface area contributed by atoms with Gasteiger partial charge in [0.2, 0.25) is 0 Å². The van der Waals surface area contributed by atoms with E-state index in [0.29, 0.717) is 12.5 Å². The molecule has 0 aliphatic rings. The first kappa shape index (κ1) is 18.9. The van der Waals surface area contributed by atoms with Crippen molar-refractivity contribution >= 4 is 18.7 Å². The van der Waals surface area contributed by atoms with Gasteiger partial charge in [-0.1, -0.05) is 88.4 Å². The van der Waals surface area contributed by atoms with Crippen LogP contribution >= 0.6 is 0 Å². The van der Waals surface area contributed by atoms with Gasteiger partial charge in [0.1, 0.15) is 0 Å². The smallest absolute Gasteiger partial charge is 0.261 e. The van der Waals surface area contributed by atoms with Crippen LogP contribution < -0.4 is 10.4 Å². The molecule has 1 unspecified atom stereocenters. The van der Waals surface area contributed by atoms with Crippen LogP contribution in [0.15, 0.2) is 60.7 Å². The van der Waals surface area contributed by atoms with Crippen molar-refractivity contribution in [1.82, 2.24) is 0 Å². The zero-order valence-electron chi connectivity index (χ0n) is 15.3. The topological polar surface area (TPSA) is 29.5 Å². The van der Waals surface area contributed by atoms with Crippen molar-refractivity contribution in [3.63, 3.8) is 0 Å². The Bertz CT molecular complexity index is 565. The van der Waals surface area contributed by atoms with Crippen LogP contribution in [0.1, 0.15) is 34.1 Å². The third-order valence-corrected chi connectivity index (χ3v) is 9.63. The van der Waals surface area contributed by atoms with E-state index in [4.69, 9.17) is 4.43 Å². The summed E-state index contributed by atoms with van der Waals surface area (Å²) in [5, 5.41) is 11.8. The summed E-state index contributed by atoms with van der Waals surface area (Å²) in [6, 6.07) is 21.4. The van der Waals surface area contributed by atoms with E-state index < -0.39 is 8.32 Å². The Morgan fingerprint density at radius 2 is 1.38 bits per heavy atom. The summed E-state index contributed by atoms with van der Waals surface area (Å²) >= 11 is 0. The fourth-order valence-electron chi connectivity index (χ4n) is 3.33. The van der Waals surface area contributed by atoms with Crippen molar-refractivity contribution in [2.75, 3.05) is 13.2 Å². The lowest BCUT2D eigenvalue weighted by atomic mass is 10.1. The highest BCUT2D eigenvalue weighted by molar-refractivity contribution is 6.99. The third-order valence-electron chi connectivity index (χ3n) is 4.62. The molecule has 0 heterocycles. The zero-order valence-corrected chi connectivity index (χ0v) is 16.3. The molecular formula is C21H30O2Si. The number of rotatable bonds is 7. The van der Waals surface area contributed by atoms with Gasteiger partial charge in [-0.15, -0.1) is 0 Å². The van der Waals surface area contributed by atoms with Crippen LogP contribution in [0.3, 0.4) is 0 Å². The van der Waals surface area contributed by atoms with Crippen LogP contribution in [0.4, 0.5) is 0 Å². The Labute approximate surface area is 147 Å². The summed E-state index contributed by atoms with van der Waals surface area (Å²) in [6.07, 6.45) is 0.776. The van der Waals surface area contributed by atoms with E-state index in [0.717, 1.165) is 6.42 Å². The molecule has 0 aromatic heterocycles. The van der Waals surface area contributed by atoms with Gasteiger partial charge in [-0.3, -0.25) is 0 Å². The molecule has 0 aliphatic carbocycles. The molecular weight excluding hydrogens is 312 g/mol. The first-order valence-electron chi connectivity index (χ1n) is 8.77. The van der Waals surface area contributed by atoms with E-state index in [9.17, 15) is 5.11 Å². The van der Waals surface area contributed by atoms with E-state index in [1.807, 2.05) is 0 Å². The monoisotopic (exact) mass is 342 g/mol. The quantitative estimate of drug-likeness (QED) is 0.779. The predicted octanol–water partition coefficient (Wildman–Crippen LogP) is 3.58. The van der Waals surface area contributed by atoms with Gasteiger partial charge in [0, 0.05) is 13.2 Å². The van der Waals surface area contributed by atoms with E-state index >= 15 is 0 Å². The summed E-state index contributed by atoms with van der Waals surface area (Å²) in [5.41, 5.74) is 0. The lowest BCUT2D eigenvalue weighted by Crippen LogP contribution is -2.66. The summed E-state index contributed by atoms with van der Waals surface area (Å²) in [7, 11) is -2.42. The highest BCUT2D eigenvalue weighted by Crippen LogP contribution is 2.37. The molecule has 0 spiro atoms. The molecule has 2 nitrogen and oxygen atoms in total. The van der Waals surface area contributed by atoms with E-state index in [1.54, 1.807) is 0 Å². The Morgan fingerprint density at radius 3 is 1.75 bits per heavy atom. The molecule has 24 heavy (non-hydrogen) atoms. The molecule has 0 amide bonds. The number of benzene rings is 2. The number of aliphatic hydroxyl groups excluding tert-OH is 1. The number of hydrogen-bond acceptors (Lipinski definition) is 2. The van der Waals surface area contributed by atoms with Crippen molar-refractivity contribution in [1.29, 1.82) is 0 Å². The maximum absolute atomic E-state index is 9.22. The molecule has 0 aliphatic heterocycles. The third kappa shape index (κ3) is 3.97. The average Bonchev–Trinajstić information content (AvgIpc) is 2.56. The van der Waals surface area contributed by atoms with Gasteiger partial charge in [0.25, 0.3) is 8.32 Å². The highest BCUT2D eigenvalue weighted by Gasteiger charge is 2.50. The highest BCUT2D eigenvalue weighted by atomic mass is 28.4. The van der Waals surface area contributed by atoms with Gasteiger partial charge in [-0.25, -0.2) is 0 Å². The zero-order chi connectivity index (χ0) is 17.6. The lowest BCUT2D eigenvalue weighted by molar-refractivity contribution is 0.200. The summed E-state index contributed by atoms with van der Waals surface area (Å²) in [4.78, 5) is 0. The summed E-state index contributed by atoms with van der Waals surface area (Å²) in [5.74, 6) is 0.344. The van der Waals surface area contributed by atoms with Gasteiger partial charge in [-0.05, 0) is 27.8 Å². The second-order valence-electron chi connectivity index (χ2n) is 7.59. The van der Waals surface area contributed by atoms with Crippen LogP contribution in [0, 0.1) is 5.92 Å². The Balaban J connectivity index is 2.53. The molecule has 2 aromatic rings. The Morgan fingerprint density at radius 1 is 0.917 bits per heavy atom. The maximum atomic E-state index is 9.22. The minimum absolute atomic E-state index is 0.00857. The van der Waals surface area contributed by atoms with Crippen molar-refractivity contribution in [2.45, 2.75) is 39.2 Å². The minimum Gasteiger partial charge on any atom is -0.407 e. The maximum Gasteiger partial charge on any atom is 0.261 e. The molecule has 3 heteroatoms. The lowest BCUT2D eigenvalue weighted by Gasteiger charge is -2.43. The Kier molecular flexibility index (Phi) is 6.38. The fraction of sp³-hybridized carbons (Fsp3) is 0.429. The van der Waals surface area contributed by atoms with Gasteiger partial charge in [0.15, 0.2) is 0 Å². The first-order chi connectivity index (χ1) is 11.4. The SMILES string of the molecule is CC(CCO)CO[Si](c1ccccc1)(c1ccccc1)C(C)(C)C. The second kappa shape index (κ2) is 8.10. The van der Waals surface area contributed by atoms with Crippen molar-refractivity contribution in [3.8, 4) is 0 Å². The van der Waals surface area contributed by atoms with Crippen LogP contribution in [0.5, 0.6) is 0 Å². The molecule has 1 atom stereocenters. The minimum atomic E-state index is -2.42. The van der Waals surface area contributed by atoms with Crippen molar-refractivity contribution in [2.24, 2.45) is 5.92 Å². The predicted molar refractivity (Wildman–Crippen MR) is 104 cm³/mol. The molecule has 130 valence electrons. The fourth-order valence-corrected chi connectivity index (χ4v) is 8.02. The van der Waals surface area contributed by atoms with Gasteiger partial charge in [0.05, 0.1) is 0 Å². The van der Waals surface area contributed by atoms with Crippen LogP contribution in [0.2, 0.25) is 5.04 Å². The van der Waals surface area contributed by atoms with Crippen LogP contribution in [0.25, 0.3) is 0 Å². The normalized spacial score (nSPS) is 13.7. The largest absolute Gasteiger partial charge is 0.407 e. The number of aliphatic hydroxyl groups is 1. The number of hydrogen-bond donors (Lipinski definition) is 1. The second-order valence-corrected chi connectivity index (χ2v) is 11.9. The van der Waals surface area contributed by atoms with Crippen LogP contribution in [-0.2, 0) is 4.43 Å². The molecule has 0 radical (unpaired) electrons. The average molecular weight is 343 g/mol. The molecule has 2 aromatic carbocycles. The van der Waals surface area contributed by atoms with Gasteiger partial charge in [-0.2, -0.15) is 0 Å². The van der Waals surface area contributed by atoms with Crippen molar-refractivity contribution in [3.05, 3.63) is 60.7 Å². The van der Waals surface area contributed by atoms with Crippen molar-refractivity contribution < 1.29 is 9.53 Å². The first-order valence-corrected chi connectivity index (χ1v) is 10.7. The molecule has 0 bridgehead atoms. The molecule has 0 saturated heterocycles. The summed E-state index contributed by atoms with van der Waals surface area (Å²) in [6.45, 7) is 9.90. The van der Waals surface area contributed by atoms with Gasteiger partial charge >= 0.3 is 0 Å². The Hall–Kier alpha value is -1.42. The van der Waals surface area contributed by atoms with Crippen LogP contribution in [-0.4, -0.2) is 26.6 Å². The van der Waals surface area contributed by atoms with E-state index in [1.165, 1.54) is 10.4 Å². The van der Waals surface area contributed by atoms with E-state index in [-0.39, 0.29) is 11.6 Å². The van der Waals surface area contributed by atoms with E-state index in [2.05, 4.69) is 88.4 Å². The standard InChI is InChI=1S/C21H30O2Si/c1-18(15-16-22)17-23-24(21(2,3)4,19-11-7-5-8-12-19)20-13-9-6-10-14-20/h5-14,18,22H,15-17H2,1-4H3. The molecule has 1 N–H and O–H groups in total. The summed E-state index contributed by atoms with van der Waals surface area (Å²) < 4.78 is 6.81. The van der Waals surface area contributed by atoms with Gasteiger partial charge < -0.3 is 9.53 Å². The molecule has 2 rings (SSSR count). The molecule has 0 saturated carbocycles.